The van der Waals surface area contributed by atoms with Gasteiger partial charge in [0.1, 0.15) is 11.5 Å². The highest BCUT2D eigenvalue weighted by Gasteiger charge is 2.26. The second-order valence-electron chi connectivity index (χ2n) is 7.13. The first-order chi connectivity index (χ1) is 14.5. The summed E-state index contributed by atoms with van der Waals surface area (Å²) in [6, 6.07) is 18.2. The van der Waals surface area contributed by atoms with Gasteiger partial charge in [0.25, 0.3) is 11.8 Å². The second-order valence-corrected chi connectivity index (χ2v) is 8.05. The van der Waals surface area contributed by atoms with Crippen LogP contribution in [0.15, 0.2) is 65.1 Å². The molecule has 1 saturated heterocycles. The third-order valence-corrected chi connectivity index (χ3v) is 5.68. The molecule has 4 rings (SSSR count). The van der Waals surface area contributed by atoms with Gasteiger partial charge in [-0.2, -0.15) is 0 Å². The Bertz CT molecular complexity index is 1090. The van der Waals surface area contributed by atoms with Gasteiger partial charge >= 0.3 is 0 Å². The molecule has 7 heteroatoms. The molecule has 1 heterocycles. The van der Waals surface area contributed by atoms with E-state index in [4.69, 9.17) is 4.74 Å². The van der Waals surface area contributed by atoms with Gasteiger partial charge in [0, 0.05) is 30.7 Å². The third-order valence-electron chi connectivity index (χ3n) is 5.19. The predicted molar refractivity (Wildman–Crippen MR) is 118 cm³/mol. The summed E-state index contributed by atoms with van der Waals surface area (Å²) >= 11 is 3.46. The first-order valence-corrected chi connectivity index (χ1v) is 10.5. The fraction of sp³-hybridized carbons (Fsp3) is 0.217. The molecule has 1 fully saturated rings. The lowest BCUT2D eigenvalue weighted by atomic mass is 10.1. The molecule has 3 aromatic carbocycles. The molecule has 0 spiro atoms. The van der Waals surface area contributed by atoms with Crippen LogP contribution in [0.5, 0.6) is 11.5 Å². The van der Waals surface area contributed by atoms with Crippen molar-refractivity contribution in [2.45, 2.75) is 0 Å². The van der Waals surface area contributed by atoms with Crippen molar-refractivity contribution in [3.8, 4) is 11.5 Å². The molecular formula is C23H21BrN2O4. The van der Waals surface area contributed by atoms with E-state index in [1.54, 1.807) is 28.0 Å². The summed E-state index contributed by atoms with van der Waals surface area (Å²) in [4.78, 5) is 28.5. The number of amides is 2. The van der Waals surface area contributed by atoms with Crippen molar-refractivity contribution in [3.63, 3.8) is 0 Å². The first kappa shape index (κ1) is 20.2. The Morgan fingerprint density at radius 1 is 0.900 bits per heavy atom. The molecule has 1 aliphatic heterocycles. The van der Waals surface area contributed by atoms with E-state index in [1.165, 1.54) is 6.07 Å². The van der Waals surface area contributed by atoms with Crippen LogP contribution in [0.1, 0.15) is 10.4 Å². The first-order valence-electron chi connectivity index (χ1n) is 9.68. The maximum absolute atomic E-state index is 12.6. The molecule has 0 unspecified atom stereocenters. The SMILES string of the molecule is O=C(COc1ccc2cc(Br)ccc2c1)N1CCN(C(=O)c2ccccc2O)CC1. The molecule has 2 amide bonds. The van der Waals surface area contributed by atoms with E-state index in [2.05, 4.69) is 15.9 Å². The molecule has 0 radical (unpaired) electrons. The Balaban J connectivity index is 1.31. The molecule has 0 atom stereocenters. The topological polar surface area (TPSA) is 70.1 Å². The van der Waals surface area contributed by atoms with E-state index in [1.807, 2.05) is 36.4 Å². The average molecular weight is 469 g/mol. The predicted octanol–water partition coefficient (Wildman–Crippen LogP) is 3.67. The molecule has 154 valence electrons. The number of rotatable bonds is 4. The van der Waals surface area contributed by atoms with Crippen LogP contribution in [0, 0.1) is 0 Å². The van der Waals surface area contributed by atoms with E-state index < -0.39 is 0 Å². The highest BCUT2D eigenvalue weighted by Crippen LogP contribution is 2.24. The van der Waals surface area contributed by atoms with E-state index in [0.29, 0.717) is 31.9 Å². The second kappa shape index (κ2) is 8.75. The van der Waals surface area contributed by atoms with E-state index >= 15 is 0 Å². The minimum atomic E-state index is -0.223. The number of halogens is 1. The van der Waals surface area contributed by atoms with Gasteiger partial charge in [0.2, 0.25) is 0 Å². The molecule has 6 nitrogen and oxygen atoms in total. The lowest BCUT2D eigenvalue weighted by molar-refractivity contribution is -0.134. The van der Waals surface area contributed by atoms with Crippen molar-refractivity contribution in [1.82, 2.24) is 9.80 Å². The van der Waals surface area contributed by atoms with Gasteiger partial charge < -0.3 is 19.6 Å². The number of benzene rings is 3. The summed E-state index contributed by atoms with van der Waals surface area (Å²) in [6.45, 7) is 1.67. The lowest BCUT2D eigenvalue weighted by Gasteiger charge is -2.34. The molecule has 30 heavy (non-hydrogen) atoms. The van der Waals surface area contributed by atoms with Crippen LogP contribution in [0.25, 0.3) is 10.8 Å². The summed E-state index contributed by atoms with van der Waals surface area (Å²) in [6.07, 6.45) is 0. The van der Waals surface area contributed by atoms with Crippen molar-refractivity contribution in [2.24, 2.45) is 0 Å². The number of fused-ring (bicyclic) bond motifs is 1. The maximum Gasteiger partial charge on any atom is 0.260 e. The molecule has 1 aliphatic rings. The van der Waals surface area contributed by atoms with Crippen molar-refractivity contribution < 1.29 is 19.4 Å². The number of hydrogen-bond acceptors (Lipinski definition) is 4. The van der Waals surface area contributed by atoms with E-state index in [-0.39, 0.29) is 29.7 Å². The molecule has 0 aromatic heterocycles. The summed E-state index contributed by atoms with van der Waals surface area (Å²) in [5.41, 5.74) is 0.281. The van der Waals surface area contributed by atoms with Crippen LogP contribution >= 0.6 is 15.9 Å². The van der Waals surface area contributed by atoms with Crippen molar-refractivity contribution in [1.29, 1.82) is 0 Å². The molecule has 1 N–H and O–H groups in total. The normalized spacial score (nSPS) is 14.0. The summed E-state index contributed by atoms with van der Waals surface area (Å²) in [7, 11) is 0. The number of carbonyl (C=O) groups is 2. The number of para-hydroxylation sites is 1. The quantitative estimate of drug-likeness (QED) is 0.633. The lowest BCUT2D eigenvalue weighted by Crippen LogP contribution is -2.51. The number of phenols is 1. The number of nitrogens with zero attached hydrogens (tertiary/aromatic N) is 2. The smallest absolute Gasteiger partial charge is 0.260 e. The van der Waals surface area contributed by atoms with Crippen LogP contribution in [0.2, 0.25) is 0 Å². The van der Waals surface area contributed by atoms with Gasteiger partial charge in [0.05, 0.1) is 5.56 Å². The number of aromatic hydroxyl groups is 1. The van der Waals surface area contributed by atoms with Gasteiger partial charge in [-0.3, -0.25) is 9.59 Å². The number of ether oxygens (including phenoxy) is 1. The highest BCUT2D eigenvalue weighted by molar-refractivity contribution is 9.10. The molecule has 0 saturated carbocycles. The number of phenolic OH excluding ortho intramolecular Hbond substituents is 1. The minimum Gasteiger partial charge on any atom is -0.507 e. The highest BCUT2D eigenvalue weighted by atomic mass is 79.9. The Hall–Kier alpha value is -3.06. The van der Waals surface area contributed by atoms with Crippen LogP contribution in [0.3, 0.4) is 0 Å². The van der Waals surface area contributed by atoms with E-state index in [9.17, 15) is 14.7 Å². The van der Waals surface area contributed by atoms with Crippen LogP contribution < -0.4 is 4.74 Å². The number of hydrogen-bond donors (Lipinski definition) is 1. The molecule has 0 bridgehead atoms. The summed E-state index contributed by atoms with van der Waals surface area (Å²) in [5.74, 6) is 0.281. The largest absolute Gasteiger partial charge is 0.507 e. The average Bonchev–Trinajstić information content (AvgIpc) is 2.77. The Kier molecular flexibility index (Phi) is 5.90. The Morgan fingerprint density at radius 2 is 1.57 bits per heavy atom. The van der Waals surface area contributed by atoms with Crippen LogP contribution in [0.4, 0.5) is 0 Å². The van der Waals surface area contributed by atoms with Gasteiger partial charge in [-0.1, -0.05) is 40.2 Å². The zero-order valence-corrected chi connectivity index (χ0v) is 17.8. The van der Waals surface area contributed by atoms with Gasteiger partial charge in [0.15, 0.2) is 6.61 Å². The summed E-state index contributed by atoms with van der Waals surface area (Å²) < 4.78 is 6.72. The fourth-order valence-electron chi connectivity index (χ4n) is 3.50. The van der Waals surface area contributed by atoms with Crippen molar-refractivity contribution in [2.75, 3.05) is 32.8 Å². The number of piperazine rings is 1. The van der Waals surface area contributed by atoms with E-state index in [0.717, 1.165) is 15.2 Å². The Labute approximate surface area is 182 Å². The monoisotopic (exact) mass is 468 g/mol. The van der Waals surface area contributed by atoms with Crippen molar-refractivity contribution in [3.05, 3.63) is 70.7 Å². The minimum absolute atomic E-state index is 0.0304. The molecular weight excluding hydrogens is 448 g/mol. The zero-order valence-electron chi connectivity index (χ0n) is 16.3. The third kappa shape index (κ3) is 4.41. The van der Waals surface area contributed by atoms with Gasteiger partial charge in [-0.15, -0.1) is 0 Å². The standard InChI is InChI=1S/C23H21BrN2O4/c24-18-7-5-17-14-19(8-6-16(17)13-18)30-15-22(28)25-9-11-26(12-10-25)23(29)20-3-1-2-4-21(20)27/h1-8,13-14,27H,9-12,15H2. The zero-order chi connectivity index (χ0) is 21.1. The number of carbonyl (C=O) groups excluding carboxylic acids is 2. The summed E-state index contributed by atoms with van der Waals surface area (Å²) in [5, 5.41) is 12.0. The van der Waals surface area contributed by atoms with Crippen LogP contribution in [-0.2, 0) is 4.79 Å². The van der Waals surface area contributed by atoms with Gasteiger partial charge in [-0.05, 0) is 47.2 Å². The molecule has 0 aliphatic carbocycles. The fourth-order valence-corrected chi connectivity index (χ4v) is 3.88. The van der Waals surface area contributed by atoms with Gasteiger partial charge in [-0.25, -0.2) is 0 Å². The van der Waals surface area contributed by atoms with Crippen LogP contribution in [-0.4, -0.2) is 59.5 Å². The maximum atomic E-state index is 12.6. The van der Waals surface area contributed by atoms with Crippen molar-refractivity contribution >= 4 is 38.5 Å². The Morgan fingerprint density at radius 3 is 2.33 bits per heavy atom. The molecule has 3 aromatic rings.